The number of carbonyl (C=O) groups excluding carboxylic acids is 1. The molecule has 2 atom stereocenters. The molecule has 218 valence electrons. The van der Waals surface area contributed by atoms with Gasteiger partial charge in [-0.25, -0.2) is 8.42 Å². The molecule has 0 saturated carbocycles. The number of likely N-dealkylation sites (tertiary alicyclic amines) is 1. The lowest BCUT2D eigenvalue weighted by molar-refractivity contribution is -0.153. The minimum absolute atomic E-state index is 0.00110. The van der Waals surface area contributed by atoms with E-state index in [9.17, 15) is 18.3 Å². The molecular weight excluding hydrogens is 536 g/mol. The number of aliphatic hydroxyl groups is 1. The van der Waals surface area contributed by atoms with Gasteiger partial charge in [-0.3, -0.25) is 4.79 Å². The van der Waals surface area contributed by atoms with Crippen molar-refractivity contribution in [3.05, 3.63) is 65.9 Å². The van der Waals surface area contributed by atoms with E-state index in [1.54, 1.807) is 19.2 Å². The van der Waals surface area contributed by atoms with Crippen LogP contribution in [0.25, 0.3) is 0 Å². The molecule has 2 aliphatic rings. The first-order valence-corrected chi connectivity index (χ1v) is 15.0. The molecule has 0 radical (unpaired) electrons. The van der Waals surface area contributed by atoms with Crippen LogP contribution in [-0.2, 0) is 24.3 Å². The van der Waals surface area contributed by atoms with E-state index < -0.39 is 16.3 Å². The highest BCUT2D eigenvalue weighted by Crippen LogP contribution is 2.33. The lowest BCUT2D eigenvalue weighted by Crippen LogP contribution is -2.40. The van der Waals surface area contributed by atoms with Crippen molar-refractivity contribution in [1.29, 1.82) is 0 Å². The van der Waals surface area contributed by atoms with E-state index in [-0.39, 0.29) is 48.8 Å². The number of carbonyl (C=O) groups is 1. The first-order valence-electron chi connectivity index (χ1n) is 13.5. The van der Waals surface area contributed by atoms with Crippen LogP contribution in [0.1, 0.15) is 37.2 Å². The van der Waals surface area contributed by atoms with Crippen molar-refractivity contribution < 1.29 is 37.3 Å². The lowest BCUT2D eigenvalue weighted by atomic mass is 9.92. The van der Waals surface area contributed by atoms with Crippen LogP contribution >= 0.6 is 0 Å². The van der Waals surface area contributed by atoms with Crippen LogP contribution in [0.15, 0.2) is 65.3 Å². The van der Waals surface area contributed by atoms with E-state index >= 15 is 0 Å². The van der Waals surface area contributed by atoms with E-state index in [4.69, 9.17) is 18.9 Å². The summed E-state index contributed by atoms with van der Waals surface area (Å²) in [5.41, 5.74) is 0.991. The highest BCUT2D eigenvalue weighted by Gasteiger charge is 2.32. The highest BCUT2D eigenvalue weighted by atomic mass is 32.2. The molecule has 1 fully saturated rings. The average molecular weight is 575 g/mol. The molecular formula is C29H38N2O8S. The van der Waals surface area contributed by atoms with Gasteiger partial charge in [-0.05, 0) is 67.3 Å². The van der Waals surface area contributed by atoms with E-state index in [1.165, 1.54) is 23.5 Å². The van der Waals surface area contributed by atoms with Gasteiger partial charge in [-0.15, -0.1) is 0 Å². The summed E-state index contributed by atoms with van der Waals surface area (Å²) in [4.78, 5) is 15.2. The van der Waals surface area contributed by atoms with Crippen LogP contribution in [0, 0.1) is 0 Å². The molecule has 11 heteroatoms. The molecule has 0 spiro atoms. The smallest absolute Gasteiger partial charge is 0.288 e. The first kappa shape index (κ1) is 29.9. The van der Waals surface area contributed by atoms with Crippen molar-refractivity contribution in [2.45, 2.75) is 42.8 Å². The number of aliphatic hydroxyl groups excluding tert-OH is 1. The van der Waals surface area contributed by atoms with Gasteiger partial charge in [0.2, 0.25) is 16.3 Å². The fourth-order valence-corrected chi connectivity index (χ4v) is 6.31. The van der Waals surface area contributed by atoms with Crippen molar-refractivity contribution in [2.24, 2.45) is 0 Å². The van der Waals surface area contributed by atoms with Crippen molar-refractivity contribution in [2.75, 3.05) is 53.6 Å². The van der Waals surface area contributed by atoms with Gasteiger partial charge < -0.3 is 29.0 Å². The third kappa shape index (κ3) is 7.34. The van der Waals surface area contributed by atoms with Crippen molar-refractivity contribution in [1.82, 2.24) is 9.21 Å². The van der Waals surface area contributed by atoms with E-state index in [0.717, 1.165) is 30.6 Å². The maximum Gasteiger partial charge on any atom is 0.288 e. The Kier molecular flexibility index (Phi) is 10.4. The molecule has 2 aliphatic heterocycles. The highest BCUT2D eigenvalue weighted by molar-refractivity contribution is 7.89. The monoisotopic (exact) mass is 574 g/mol. The number of allylic oxidation sites excluding steroid dienone is 1. The predicted molar refractivity (Wildman–Crippen MR) is 149 cm³/mol. The van der Waals surface area contributed by atoms with Crippen LogP contribution in [0.4, 0.5) is 0 Å². The van der Waals surface area contributed by atoms with Gasteiger partial charge >= 0.3 is 0 Å². The van der Waals surface area contributed by atoms with Crippen LogP contribution in [0.2, 0.25) is 0 Å². The maximum absolute atomic E-state index is 13.3. The molecule has 0 aromatic heterocycles. The van der Waals surface area contributed by atoms with Gasteiger partial charge in [0.15, 0.2) is 5.76 Å². The first-order chi connectivity index (χ1) is 19.3. The second-order valence-electron chi connectivity index (χ2n) is 9.72. The molecule has 0 aliphatic carbocycles. The summed E-state index contributed by atoms with van der Waals surface area (Å²) in [6.07, 6.45) is 4.59. The normalized spacial score (nSPS) is 19.6. The molecule has 1 N–H and O–H groups in total. The van der Waals surface area contributed by atoms with Crippen LogP contribution in [-0.4, -0.2) is 88.5 Å². The number of piperidine rings is 1. The summed E-state index contributed by atoms with van der Waals surface area (Å²) in [7, 11) is -0.763. The fraction of sp³-hybridized carbons (Fsp3) is 0.483. The van der Waals surface area contributed by atoms with E-state index in [2.05, 4.69) is 0 Å². The third-order valence-corrected chi connectivity index (χ3v) is 9.06. The van der Waals surface area contributed by atoms with Gasteiger partial charge in [-0.2, -0.15) is 4.31 Å². The average Bonchev–Trinajstić information content (AvgIpc) is 3.00. The van der Waals surface area contributed by atoms with E-state index in [1.807, 2.05) is 35.2 Å². The number of rotatable bonds is 12. The molecule has 0 bridgehead atoms. The third-order valence-electron chi connectivity index (χ3n) is 7.15. The Labute approximate surface area is 236 Å². The standard InChI is InChI=1S/C29H38N2O8S/c1-36-24-8-6-22(7-9-24)23-20-27(29(33)30-14-4-3-5-15-30)39-28(21-23)38-19-17-31(16-18-32)40(34,35)26-12-10-25(37-2)11-13-26/h6-13,20,23,28,32H,3-5,14-19,21H2,1-2H3/t23-,28+/m1/s1. The van der Waals surface area contributed by atoms with Gasteiger partial charge in [0.1, 0.15) is 11.5 Å². The largest absolute Gasteiger partial charge is 0.497 e. The Bertz CT molecular complexity index is 1240. The molecule has 2 aromatic carbocycles. The van der Waals surface area contributed by atoms with Crippen LogP contribution in [0.3, 0.4) is 0 Å². The zero-order valence-electron chi connectivity index (χ0n) is 23.0. The molecule has 40 heavy (non-hydrogen) atoms. The number of ether oxygens (including phenoxy) is 4. The molecule has 10 nitrogen and oxygen atoms in total. The number of hydrogen-bond acceptors (Lipinski definition) is 8. The predicted octanol–water partition coefficient (Wildman–Crippen LogP) is 3.13. The summed E-state index contributed by atoms with van der Waals surface area (Å²) >= 11 is 0. The van der Waals surface area contributed by atoms with Crippen LogP contribution < -0.4 is 9.47 Å². The Balaban J connectivity index is 1.46. The summed E-state index contributed by atoms with van der Waals surface area (Å²) in [5.74, 6) is 1.23. The maximum atomic E-state index is 13.3. The number of methoxy groups -OCH3 is 2. The lowest BCUT2D eigenvalue weighted by Gasteiger charge is -2.33. The number of amides is 1. The van der Waals surface area contributed by atoms with Crippen molar-refractivity contribution in [3.63, 3.8) is 0 Å². The minimum atomic E-state index is -3.88. The summed E-state index contributed by atoms with van der Waals surface area (Å²) in [6.45, 7) is 0.971. The molecule has 0 unspecified atom stereocenters. The van der Waals surface area contributed by atoms with Gasteiger partial charge in [0.25, 0.3) is 5.91 Å². The van der Waals surface area contributed by atoms with Crippen LogP contribution in [0.5, 0.6) is 11.5 Å². The number of hydrogen-bond donors (Lipinski definition) is 1. The molecule has 1 saturated heterocycles. The zero-order chi connectivity index (χ0) is 28.5. The summed E-state index contributed by atoms with van der Waals surface area (Å²) in [6, 6.07) is 13.7. The van der Waals surface area contributed by atoms with Gasteiger partial charge in [0.05, 0.1) is 32.3 Å². The van der Waals surface area contributed by atoms with E-state index in [0.29, 0.717) is 25.3 Å². The minimum Gasteiger partial charge on any atom is -0.497 e. The zero-order valence-corrected chi connectivity index (χ0v) is 23.8. The van der Waals surface area contributed by atoms with Crippen molar-refractivity contribution in [3.8, 4) is 11.5 Å². The number of nitrogens with zero attached hydrogens (tertiary/aromatic N) is 2. The molecule has 1 amide bonds. The topological polar surface area (TPSA) is 115 Å². The SMILES string of the molecule is COc1ccc([C@@H]2C=C(C(=O)N3CCCCC3)O[C@H](OCCN(CCO)S(=O)(=O)c3ccc(OC)cc3)C2)cc1. The van der Waals surface area contributed by atoms with Gasteiger partial charge in [0, 0.05) is 38.5 Å². The Morgan fingerprint density at radius 1 is 0.975 bits per heavy atom. The van der Waals surface area contributed by atoms with Crippen molar-refractivity contribution >= 4 is 15.9 Å². The Morgan fingerprint density at radius 2 is 1.60 bits per heavy atom. The molecule has 2 aromatic rings. The Morgan fingerprint density at radius 3 is 2.20 bits per heavy atom. The second kappa shape index (κ2) is 14.0. The summed E-state index contributed by atoms with van der Waals surface area (Å²) < 4.78 is 50.1. The number of sulfonamides is 1. The van der Waals surface area contributed by atoms with Gasteiger partial charge in [-0.1, -0.05) is 12.1 Å². The quantitative estimate of drug-likeness (QED) is 0.411. The second-order valence-corrected chi connectivity index (χ2v) is 11.7. The summed E-state index contributed by atoms with van der Waals surface area (Å²) in [5, 5.41) is 9.54. The molecule has 4 rings (SSSR count). The Hall–Kier alpha value is -3.12. The number of benzene rings is 2. The fourth-order valence-electron chi connectivity index (χ4n) is 4.89. The molecule has 2 heterocycles.